The van der Waals surface area contributed by atoms with Gasteiger partial charge >= 0.3 is 0 Å². The van der Waals surface area contributed by atoms with Gasteiger partial charge in [-0.1, -0.05) is 15.9 Å². The Balaban J connectivity index is 2.15. The van der Waals surface area contributed by atoms with Crippen molar-refractivity contribution < 1.29 is 9.53 Å². The lowest BCUT2D eigenvalue weighted by Crippen LogP contribution is -2.55. The second-order valence-electron chi connectivity index (χ2n) is 4.97. The molecule has 2 rings (SSSR count). The zero-order valence-corrected chi connectivity index (χ0v) is 12.1. The summed E-state index contributed by atoms with van der Waals surface area (Å²) >= 11 is 3.41. The zero-order valence-electron chi connectivity index (χ0n) is 10.5. The normalized spacial score (nSPS) is 22.8. The third-order valence-electron chi connectivity index (χ3n) is 2.75. The van der Waals surface area contributed by atoms with E-state index in [1.807, 2.05) is 13.8 Å². The topological polar surface area (TPSA) is 55.3 Å². The molecule has 1 unspecified atom stereocenters. The highest BCUT2D eigenvalue weighted by atomic mass is 79.9. The molecule has 0 spiro atoms. The van der Waals surface area contributed by atoms with Crippen LogP contribution in [0, 0.1) is 0 Å². The molecule has 0 N–H and O–H groups in total. The van der Waals surface area contributed by atoms with Crippen molar-refractivity contribution in [2.45, 2.75) is 25.6 Å². The minimum Gasteiger partial charge on any atom is -0.368 e. The predicted octanol–water partition coefficient (Wildman–Crippen LogP) is 1.49. The van der Waals surface area contributed by atoms with Crippen LogP contribution in [0.5, 0.6) is 0 Å². The summed E-state index contributed by atoms with van der Waals surface area (Å²) in [6.07, 6.45) is 4.52. The average Bonchev–Trinajstić information content (AvgIpc) is 2.37. The van der Waals surface area contributed by atoms with Crippen molar-refractivity contribution in [3.8, 4) is 0 Å². The summed E-state index contributed by atoms with van der Waals surface area (Å²) < 4.78 is 5.87. The molecule has 1 aliphatic rings. The Morgan fingerprint density at radius 2 is 2.22 bits per heavy atom. The van der Waals surface area contributed by atoms with E-state index in [4.69, 9.17) is 4.74 Å². The van der Waals surface area contributed by atoms with Crippen LogP contribution in [0.1, 0.15) is 24.2 Å². The van der Waals surface area contributed by atoms with Crippen molar-refractivity contribution in [2.75, 3.05) is 18.4 Å². The van der Waals surface area contributed by atoms with Crippen LogP contribution in [0.4, 0.5) is 0 Å². The van der Waals surface area contributed by atoms with Gasteiger partial charge < -0.3 is 9.64 Å². The predicted molar refractivity (Wildman–Crippen MR) is 70.7 cm³/mol. The molecule has 18 heavy (non-hydrogen) atoms. The van der Waals surface area contributed by atoms with Gasteiger partial charge in [-0.05, 0) is 13.8 Å². The van der Waals surface area contributed by atoms with Gasteiger partial charge in [0, 0.05) is 30.8 Å². The fraction of sp³-hybridized carbons (Fsp3) is 0.583. The van der Waals surface area contributed by atoms with Crippen LogP contribution in [0.2, 0.25) is 0 Å². The third kappa shape index (κ3) is 3.05. The number of nitrogens with zero attached hydrogens (tertiary/aromatic N) is 3. The molecule has 0 radical (unpaired) electrons. The fourth-order valence-corrected chi connectivity index (χ4v) is 2.46. The van der Waals surface area contributed by atoms with E-state index in [2.05, 4.69) is 25.9 Å². The molecular formula is C12H16BrN3O2. The maximum absolute atomic E-state index is 12.3. The average molecular weight is 314 g/mol. The van der Waals surface area contributed by atoms with Gasteiger partial charge in [0.15, 0.2) is 0 Å². The highest BCUT2D eigenvalue weighted by molar-refractivity contribution is 9.09. The van der Waals surface area contributed by atoms with Crippen molar-refractivity contribution in [1.82, 2.24) is 14.9 Å². The second-order valence-corrected chi connectivity index (χ2v) is 5.61. The number of carbonyl (C=O) groups excluding carboxylic acids is 1. The lowest BCUT2D eigenvalue weighted by Gasteiger charge is -2.42. The van der Waals surface area contributed by atoms with E-state index >= 15 is 0 Å². The number of alkyl halides is 1. The number of hydrogen-bond donors (Lipinski definition) is 0. The van der Waals surface area contributed by atoms with Gasteiger partial charge in [0.1, 0.15) is 6.33 Å². The Labute approximate surface area is 115 Å². The first-order valence-corrected chi connectivity index (χ1v) is 6.92. The summed E-state index contributed by atoms with van der Waals surface area (Å²) in [4.78, 5) is 21.9. The lowest BCUT2D eigenvalue weighted by atomic mass is 10.0. The van der Waals surface area contributed by atoms with Gasteiger partial charge in [-0.3, -0.25) is 4.79 Å². The monoisotopic (exact) mass is 313 g/mol. The number of rotatable bonds is 2. The molecule has 1 saturated heterocycles. The Hall–Kier alpha value is -1.01. The molecule has 5 nitrogen and oxygen atoms in total. The minimum atomic E-state index is -0.331. The van der Waals surface area contributed by atoms with E-state index in [-0.39, 0.29) is 17.6 Å². The van der Waals surface area contributed by atoms with Crippen LogP contribution >= 0.6 is 15.9 Å². The number of halogens is 1. The Morgan fingerprint density at radius 1 is 1.56 bits per heavy atom. The van der Waals surface area contributed by atoms with Crippen molar-refractivity contribution in [2.24, 2.45) is 0 Å². The second kappa shape index (κ2) is 5.32. The summed E-state index contributed by atoms with van der Waals surface area (Å²) in [5.41, 5.74) is 0.186. The smallest absolute Gasteiger partial charge is 0.257 e. The summed E-state index contributed by atoms with van der Waals surface area (Å²) in [7, 11) is 0. The number of ether oxygens (including phenoxy) is 1. The van der Waals surface area contributed by atoms with Crippen LogP contribution in [-0.2, 0) is 4.74 Å². The molecule has 0 saturated carbocycles. The molecule has 0 aliphatic carbocycles. The van der Waals surface area contributed by atoms with Crippen LogP contribution < -0.4 is 0 Å². The van der Waals surface area contributed by atoms with Gasteiger partial charge in [0.2, 0.25) is 0 Å². The Morgan fingerprint density at radius 3 is 2.83 bits per heavy atom. The molecule has 6 heteroatoms. The van der Waals surface area contributed by atoms with Gasteiger partial charge in [0.25, 0.3) is 5.91 Å². The maximum atomic E-state index is 12.3. The van der Waals surface area contributed by atoms with E-state index in [1.54, 1.807) is 17.3 Å². The van der Waals surface area contributed by atoms with Gasteiger partial charge in [0.05, 0.1) is 17.3 Å². The Bertz CT molecular complexity index is 425. The SMILES string of the molecule is CC1(C)CN(C(=O)c2cncnc2)CC(CBr)O1. The standard InChI is InChI=1S/C12H16BrN3O2/c1-12(2)7-16(6-10(3-13)18-12)11(17)9-4-14-8-15-5-9/h4-5,8,10H,3,6-7H2,1-2H3. The molecule has 1 amide bonds. The maximum Gasteiger partial charge on any atom is 0.257 e. The van der Waals surface area contributed by atoms with Crippen molar-refractivity contribution >= 4 is 21.8 Å². The first kappa shape index (κ1) is 13.4. The molecule has 1 aromatic rings. The van der Waals surface area contributed by atoms with Gasteiger partial charge in [-0.2, -0.15) is 0 Å². The van der Waals surface area contributed by atoms with Crippen molar-refractivity contribution in [1.29, 1.82) is 0 Å². The summed E-state index contributed by atoms with van der Waals surface area (Å²) in [5.74, 6) is -0.0436. The van der Waals surface area contributed by atoms with E-state index in [0.29, 0.717) is 24.0 Å². The van der Waals surface area contributed by atoms with Crippen molar-refractivity contribution in [3.63, 3.8) is 0 Å². The number of morpholine rings is 1. The van der Waals surface area contributed by atoms with E-state index in [0.717, 1.165) is 0 Å². The van der Waals surface area contributed by atoms with Crippen molar-refractivity contribution in [3.05, 3.63) is 24.3 Å². The first-order chi connectivity index (χ1) is 8.52. The number of aromatic nitrogens is 2. The summed E-state index contributed by atoms with van der Waals surface area (Å²) in [5, 5.41) is 0.714. The highest BCUT2D eigenvalue weighted by Gasteiger charge is 2.35. The summed E-state index contributed by atoms with van der Waals surface area (Å²) in [6, 6.07) is 0. The van der Waals surface area contributed by atoms with E-state index < -0.39 is 0 Å². The molecule has 1 aliphatic heterocycles. The molecule has 0 aromatic carbocycles. The Kier molecular flexibility index (Phi) is 3.97. The lowest BCUT2D eigenvalue weighted by molar-refractivity contribution is -0.116. The number of amides is 1. The fourth-order valence-electron chi connectivity index (χ4n) is 2.12. The first-order valence-electron chi connectivity index (χ1n) is 5.80. The van der Waals surface area contributed by atoms with Gasteiger partial charge in [-0.25, -0.2) is 9.97 Å². The molecule has 2 heterocycles. The van der Waals surface area contributed by atoms with Gasteiger partial charge in [-0.15, -0.1) is 0 Å². The van der Waals surface area contributed by atoms with Crippen LogP contribution in [0.25, 0.3) is 0 Å². The minimum absolute atomic E-state index is 0.0160. The van der Waals surface area contributed by atoms with Crippen LogP contribution in [0.15, 0.2) is 18.7 Å². The molecule has 1 atom stereocenters. The van der Waals surface area contributed by atoms with E-state index in [1.165, 1.54) is 6.33 Å². The number of carbonyl (C=O) groups is 1. The quantitative estimate of drug-likeness (QED) is 0.776. The molecular weight excluding hydrogens is 298 g/mol. The third-order valence-corrected chi connectivity index (χ3v) is 3.47. The largest absolute Gasteiger partial charge is 0.368 e. The van der Waals surface area contributed by atoms with Crippen LogP contribution in [0.3, 0.4) is 0 Å². The molecule has 1 fully saturated rings. The highest BCUT2D eigenvalue weighted by Crippen LogP contribution is 2.23. The number of hydrogen-bond acceptors (Lipinski definition) is 4. The molecule has 1 aromatic heterocycles. The summed E-state index contributed by atoms with van der Waals surface area (Å²) in [6.45, 7) is 5.14. The molecule has 0 bridgehead atoms. The molecule has 98 valence electrons. The van der Waals surface area contributed by atoms with Crippen LogP contribution in [-0.4, -0.2) is 50.9 Å². The van der Waals surface area contributed by atoms with E-state index in [9.17, 15) is 4.79 Å². The zero-order chi connectivity index (χ0) is 13.2.